The number of nitrogens with zero attached hydrogens (tertiary/aromatic N) is 2. The number of ether oxygens (including phenoxy) is 1. The highest BCUT2D eigenvalue weighted by Gasteiger charge is 2.34. The van der Waals surface area contributed by atoms with Crippen LogP contribution in [0.5, 0.6) is 5.88 Å². The summed E-state index contributed by atoms with van der Waals surface area (Å²) in [6.07, 6.45) is -3.18. The summed E-state index contributed by atoms with van der Waals surface area (Å²) in [5, 5.41) is 3.21. The van der Waals surface area contributed by atoms with Gasteiger partial charge < -0.3 is 4.74 Å². The molecule has 7 heteroatoms. The van der Waals surface area contributed by atoms with Crippen molar-refractivity contribution < 1.29 is 22.3 Å². The Morgan fingerprint density at radius 2 is 2.15 bits per heavy atom. The largest absolute Gasteiger partial charge is 0.574 e. The van der Waals surface area contributed by atoms with E-state index in [1.165, 1.54) is 6.92 Å². The molecule has 0 aliphatic carbocycles. The molecule has 0 unspecified atom stereocenters. The molecule has 1 heterocycles. The fourth-order valence-corrected chi connectivity index (χ4v) is 0.732. The smallest absolute Gasteiger partial charge is 0.385 e. The van der Waals surface area contributed by atoms with E-state index in [0.717, 1.165) is 4.68 Å². The lowest BCUT2D eigenvalue weighted by atomic mass is 10.6. The maximum absolute atomic E-state index is 12.6. The molecule has 73 valence electrons. The molecule has 0 saturated carbocycles. The van der Waals surface area contributed by atoms with Crippen molar-refractivity contribution in [3.63, 3.8) is 0 Å². The van der Waals surface area contributed by atoms with Gasteiger partial charge >= 0.3 is 6.36 Å². The minimum Gasteiger partial charge on any atom is -0.385 e. The first-order valence-electron chi connectivity index (χ1n) is 3.33. The highest BCUT2D eigenvalue weighted by molar-refractivity contribution is 5.10. The molecule has 0 atom stereocenters. The van der Waals surface area contributed by atoms with Crippen LogP contribution in [0.3, 0.4) is 0 Å². The Bertz CT molecular complexity index is 293. The molecular formula is C6H5F4N2O. The molecule has 0 N–H and O–H groups in total. The molecule has 0 aliphatic rings. The number of alkyl halides is 3. The number of halogens is 4. The zero-order valence-electron chi connectivity index (χ0n) is 6.52. The van der Waals surface area contributed by atoms with Gasteiger partial charge in [-0.15, -0.1) is 13.2 Å². The molecule has 0 aromatic carbocycles. The van der Waals surface area contributed by atoms with Gasteiger partial charge in [0.1, 0.15) is 0 Å². The van der Waals surface area contributed by atoms with Gasteiger partial charge in [0, 0.05) is 6.54 Å². The Kier molecular flexibility index (Phi) is 2.44. The lowest BCUT2D eigenvalue weighted by Gasteiger charge is -2.09. The van der Waals surface area contributed by atoms with Crippen molar-refractivity contribution >= 4 is 0 Å². The topological polar surface area (TPSA) is 27.1 Å². The summed E-state index contributed by atoms with van der Waals surface area (Å²) in [5.41, 5.74) is 0. The maximum Gasteiger partial charge on any atom is 0.574 e. The Morgan fingerprint density at radius 1 is 1.54 bits per heavy atom. The van der Waals surface area contributed by atoms with Crippen LogP contribution in [0.4, 0.5) is 17.6 Å². The summed E-state index contributed by atoms with van der Waals surface area (Å²) in [6.45, 7) is 1.58. The fourth-order valence-electron chi connectivity index (χ4n) is 0.732. The molecular weight excluding hydrogens is 192 g/mol. The molecule has 13 heavy (non-hydrogen) atoms. The number of rotatable bonds is 2. The maximum atomic E-state index is 12.6. The van der Waals surface area contributed by atoms with Crippen molar-refractivity contribution in [2.24, 2.45) is 0 Å². The lowest BCUT2D eigenvalue weighted by molar-refractivity contribution is -0.278. The summed E-state index contributed by atoms with van der Waals surface area (Å²) in [7, 11) is 0. The number of hydrogen-bond acceptors (Lipinski definition) is 2. The van der Waals surface area contributed by atoms with Gasteiger partial charge in [-0.2, -0.15) is 9.49 Å². The molecule has 0 fully saturated rings. The van der Waals surface area contributed by atoms with Crippen LogP contribution in [0.15, 0.2) is 0 Å². The molecule has 0 saturated heterocycles. The third-order valence-electron chi connectivity index (χ3n) is 1.20. The van der Waals surface area contributed by atoms with Crippen molar-refractivity contribution in [1.82, 2.24) is 9.78 Å². The molecule has 3 nitrogen and oxygen atoms in total. The molecule has 1 rings (SSSR count). The van der Waals surface area contributed by atoms with E-state index in [0.29, 0.717) is 0 Å². The van der Waals surface area contributed by atoms with Gasteiger partial charge in [0.15, 0.2) is 6.20 Å². The van der Waals surface area contributed by atoms with Gasteiger partial charge in [0.2, 0.25) is 5.82 Å². The zero-order valence-corrected chi connectivity index (χ0v) is 6.52. The number of aromatic nitrogens is 2. The summed E-state index contributed by atoms with van der Waals surface area (Å²) >= 11 is 0. The Balaban J connectivity index is 2.92. The second kappa shape index (κ2) is 3.23. The third-order valence-corrected chi connectivity index (χ3v) is 1.20. The van der Waals surface area contributed by atoms with Crippen LogP contribution in [0, 0.1) is 12.0 Å². The van der Waals surface area contributed by atoms with Gasteiger partial charge in [-0.1, -0.05) is 0 Å². The molecule has 1 radical (unpaired) electrons. The first-order valence-corrected chi connectivity index (χ1v) is 3.33. The van der Waals surface area contributed by atoms with Crippen LogP contribution < -0.4 is 4.74 Å². The average molecular weight is 197 g/mol. The van der Waals surface area contributed by atoms with E-state index in [9.17, 15) is 17.6 Å². The first-order chi connectivity index (χ1) is 5.94. The van der Waals surface area contributed by atoms with Gasteiger partial charge in [-0.25, -0.2) is 4.68 Å². The second-order valence-electron chi connectivity index (χ2n) is 2.09. The van der Waals surface area contributed by atoms with Crippen LogP contribution in [0.2, 0.25) is 0 Å². The predicted octanol–water partition coefficient (Wildman–Crippen LogP) is 1.74. The Morgan fingerprint density at radius 3 is 2.62 bits per heavy atom. The second-order valence-corrected chi connectivity index (χ2v) is 2.09. The summed E-state index contributed by atoms with van der Waals surface area (Å²) in [4.78, 5) is 0. The van der Waals surface area contributed by atoms with E-state index >= 15 is 0 Å². The standard InChI is InChI=1S/C6H5F4N2O/c1-2-12-5(4(7)3-11-12)13-6(8,9)10/h2H2,1H3. The summed E-state index contributed by atoms with van der Waals surface area (Å²) < 4.78 is 51.7. The minimum atomic E-state index is -4.92. The SMILES string of the molecule is CCn1n[c]c(F)c1OC(F)(F)F. The van der Waals surface area contributed by atoms with Crippen LogP contribution in [-0.4, -0.2) is 16.1 Å². The molecule has 1 aromatic rings. The normalized spacial score (nSPS) is 11.8. The van der Waals surface area contributed by atoms with Crippen molar-refractivity contribution in [2.75, 3.05) is 0 Å². The summed E-state index contributed by atoms with van der Waals surface area (Å²) in [5.74, 6) is -2.21. The Hall–Kier alpha value is -1.27. The summed E-state index contributed by atoms with van der Waals surface area (Å²) in [6, 6.07) is 0. The lowest BCUT2D eigenvalue weighted by Crippen LogP contribution is -2.20. The first kappa shape index (κ1) is 9.82. The predicted molar refractivity (Wildman–Crippen MR) is 33.4 cm³/mol. The monoisotopic (exact) mass is 197 g/mol. The van der Waals surface area contributed by atoms with Crippen LogP contribution in [0.1, 0.15) is 6.92 Å². The molecule has 0 spiro atoms. The highest BCUT2D eigenvalue weighted by atomic mass is 19.4. The van der Waals surface area contributed by atoms with E-state index < -0.39 is 18.1 Å². The van der Waals surface area contributed by atoms with Crippen LogP contribution in [0.25, 0.3) is 0 Å². The molecule has 0 aliphatic heterocycles. The van der Waals surface area contributed by atoms with E-state index in [1.54, 1.807) is 6.20 Å². The molecule has 1 aromatic heterocycles. The van der Waals surface area contributed by atoms with Gasteiger partial charge in [-0.3, -0.25) is 0 Å². The molecule has 0 bridgehead atoms. The average Bonchev–Trinajstić information content (AvgIpc) is 2.30. The third kappa shape index (κ3) is 2.33. The van der Waals surface area contributed by atoms with E-state index in [4.69, 9.17) is 0 Å². The number of aryl methyl sites for hydroxylation is 1. The van der Waals surface area contributed by atoms with Crippen LogP contribution >= 0.6 is 0 Å². The van der Waals surface area contributed by atoms with Crippen molar-refractivity contribution in [3.05, 3.63) is 12.0 Å². The van der Waals surface area contributed by atoms with E-state index in [2.05, 4.69) is 9.84 Å². The minimum absolute atomic E-state index is 0.0752. The van der Waals surface area contributed by atoms with Gasteiger partial charge in [-0.05, 0) is 6.92 Å². The Labute approximate surface area is 70.9 Å². The quantitative estimate of drug-likeness (QED) is 0.675. The number of hydrogen-bond donors (Lipinski definition) is 0. The van der Waals surface area contributed by atoms with Gasteiger partial charge in [0.05, 0.1) is 0 Å². The highest BCUT2D eigenvalue weighted by Crippen LogP contribution is 2.24. The van der Waals surface area contributed by atoms with Gasteiger partial charge in [0.25, 0.3) is 5.88 Å². The molecule has 0 amide bonds. The fraction of sp³-hybridized carbons (Fsp3) is 0.500. The van der Waals surface area contributed by atoms with Crippen LogP contribution in [-0.2, 0) is 6.54 Å². The van der Waals surface area contributed by atoms with Crippen molar-refractivity contribution in [3.8, 4) is 5.88 Å². The van der Waals surface area contributed by atoms with E-state index in [-0.39, 0.29) is 6.54 Å². The van der Waals surface area contributed by atoms with Crippen molar-refractivity contribution in [1.29, 1.82) is 0 Å². The zero-order chi connectivity index (χ0) is 10.1. The van der Waals surface area contributed by atoms with E-state index in [1.807, 2.05) is 0 Å². The van der Waals surface area contributed by atoms with Crippen molar-refractivity contribution in [2.45, 2.75) is 19.8 Å².